The summed E-state index contributed by atoms with van der Waals surface area (Å²) in [6.07, 6.45) is 3.15. The molecule has 118 valence electrons. The van der Waals surface area contributed by atoms with Crippen molar-refractivity contribution in [1.82, 2.24) is 19.1 Å². The van der Waals surface area contributed by atoms with E-state index in [4.69, 9.17) is 11.5 Å². The third-order valence-corrected chi connectivity index (χ3v) is 1.99. The van der Waals surface area contributed by atoms with Crippen molar-refractivity contribution < 1.29 is 21.1 Å². The summed E-state index contributed by atoms with van der Waals surface area (Å²) >= 11 is 0. The van der Waals surface area contributed by atoms with Gasteiger partial charge in [-0.1, -0.05) is 0 Å². The van der Waals surface area contributed by atoms with Crippen molar-refractivity contribution in [2.45, 2.75) is 0 Å². The van der Waals surface area contributed by atoms with Crippen LogP contribution in [0.1, 0.15) is 0 Å². The number of aromatic nitrogens is 4. The molecule has 0 saturated heterocycles. The summed E-state index contributed by atoms with van der Waals surface area (Å²) in [6, 6.07) is 3.14. The van der Waals surface area contributed by atoms with Gasteiger partial charge in [-0.25, -0.2) is 9.59 Å². The Kier molecular flexibility index (Phi) is 12.3. The Labute approximate surface area is 135 Å². The minimum absolute atomic E-state index is 0. The molecule has 0 bridgehead atoms. The van der Waals surface area contributed by atoms with Gasteiger partial charge in [0.25, 0.3) is 0 Å². The molecule has 2 heterocycles. The number of anilines is 2. The van der Waals surface area contributed by atoms with Crippen molar-refractivity contribution in [1.29, 1.82) is 0 Å². The molecule has 0 spiro atoms. The second kappa shape index (κ2) is 10.7. The van der Waals surface area contributed by atoms with Crippen molar-refractivity contribution in [3.63, 3.8) is 0 Å². The van der Waals surface area contributed by atoms with Crippen LogP contribution in [0.3, 0.4) is 0 Å². The van der Waals surface area contributed by atoms with E-state index in [1.54, 1.807) is 38.6 Å². The van der Waals surface area contributed by atoms with E-state index in [0.717, 1.165) is 0 Å². The van der Waals surface area contributed by atoms with Gasteiger partial charge >= 0.3 is 32.4 Å². The van der Waals surface area contributed by atoms with Crippen molar-refractivity contribution in [2.75, 3.05) is 11.5 Å². The SMILES string of the molecule is Cn1ccc(N)nc1=O.Cn1ccc(N)nc1=O.[NH2-].[NH2-].[Pt+4]. The van der Waals surface area contributed by atoms with Crippen LogP contribution in [0.2, 0.25) is 0 Å². The number of nitrogen functional groups attached to an aromatic ring is 2. The van der Waals surface area contributed by atoms with Gasteiger partial charge in [0, 0.05) is 26.5 Å². The molecule has 21 heavy (non-hydrogen) atoms. The standard InChI is InChI=1S/2C5H7N3O.2H2N.Pt/c2*1-8-3-2-4(6)7-5(8)9;;;/h2*2-3H,1H3,(H2,6,7,9);2*1H2;/q;;2*-1;+4. The van der Waals surface area contributed by atoms with Crippen LogP contribution in [0.4, 0.5) is 11.6 Å². The van der Waals surface area contributed by atoms with E-state index in [9.17, 15) is 9.59 Å². The fourth-order valence-electron chi connectivity index (χ4n) is 0.957. The predicted molar refractivity (Wildman–Crippen MR) is 78.3 cm³/mol. The molecule has 0 amide bonds. The van der Waals surface area contributed by atoms with E-state index < -0.39 is 0 Å². The zero-order chi connectivity index (χ0) is 13.7. The summed E-state index contributed by atoms with van der Waals surface area (Å²) in [6.45, 7) is 0. The summed E-state index contributed by atoms with van der Waals surface area (Å²) in [4.78, 5) is 28.1. The van der Waals surface area contributed by atoms with Crippen LogP contribution >= 0.6 is 0 Å². The minimum Gasteiger partial charge on any atom is -0.693 e. The topological polar surface area (TPSA) is 189 Å². The smallest absolute Gasteiger partial charge is 0.693 e. The zero-order valence-electron chi connectivity index (χ0n) is 11.5. The molecule has 0 saturated carbocycles. The summed E-state index contributed by atoms with van der Waals surface area (Å²) < 4.78 is 2.72. The molecule has 0 aliphatic carbocycles. The summed E-state index contributed by atoms with van der Waals surface area (Å²) in [5.41, 5.74) is 9.76. The van der Waals surface area contributed by atoms with Crippen LogP contribution in [0.15, 0.2) is 34.1 Å². The second-order valence-electron chi connectivity index (χ2n) is 3.49. The molecule has 11 heteroatoms. The quantitative estimate of drug-likeness (QED) is 0.543. The van der Waals surface area contributed by atoms with E-state index in [1.807, 2.05) is 0 Å². The first-order valence-corrected chi connectivity index (χ1v) is 4.98. The van der Waals surface area contributed by atoms with Gasteiger partial charge in [-0.05, 0) is 12.1 Å². The van der Waals surface area contributed by atoms with Crippen LogP contribution in [-0.2, 0) is 35.2 Å². The molecule has 0 aliphatic rings. The number of rotatable bonds is 0. The molecule has 0 aromatic carbocycles. The van der Waals surface area contributed by atoms with Crippen LogP contribution in [-0.4, -0.2) is 19.1 Å². The summed E-state index contributed by atoms with van der Waals surface area (Å²) in [7, 11) is 3.24. The third-order valence-electron chi connectivity index (χ3n) is 1.99. The average Bonchev–Trinajstić information content (AvgIpc) is 2.30. The molecule has 0 aliphatic heterocycles. The first-order valence-electron chi connectivity index (χ1n) is 4.98. The first-order chi connectivity index (χ1) is 8.40. The van der Waals surface area contributed by atoms with E-state index >= 15 is 0 Å². The van der Waals surface area contributed by atoms with E-state index in [1.165, 1.54) is 9.13 Å². The molecule has 2 aromatic heterocycles. The second-order valence-corrected chi connectivity index (χ2v) is 3.49. The molecule has 0 radical (unpaired) electrons. The van der Waals surface area contributed by atoms with Crippen molar-refractivity contribution in [3.05, 3.63) is 57.8 Å². The minimum atomic E-state index is -0.324. The number of hydrogen-bond donors (Lipinski definition) is 2. The van der Waals surface area contributed by atoms with E-state index in [0.29, 0.717) is 0 Å². The molecule has 0 unspecified atom stereocenters. The number of aryl methyl sites for hydroxylation is 2. The van der Waals surface area contributed by atoms with E-state index in [-0.39, 0.29) is 56.4 Å². The molecule has 2 rings (SSSR count). The average molecular weight is 477 g/mol. The van der Waals surface area contributed by atoms with Gasteiger partial charge in [0.2, 0.25) is 0 Å². The van der Waals surface area contributed by atoms with Gasteiger partial charge in [0.1, 0.15) is 11.6 Å². The maximum absolute atomic E-state index is 10.6. The fourth-order valence-corrected chi connectivity index (χ4v) is 0.957. The largest absolute Gasteiger partial charge is 4.00 e. The van der Waals surface area contributed by atoms with Crippen LogP contribution in [0, 0.1) is 0 Å². The fraction of sp³-hybridized carbons (Fsp3) is 0.200. The van der Waals surface area contributed by atoms with Crippen molar-refractivity contribution in [3.8, 4) is 0 Å². The van der Waals surface area contributed by atoms with Crippen LogP contribution < -0.4 is 22.8 Å². The number of hydrogen-bond acceptors (Lipinski definition) is 6. The van der Waals surface area contributed by atoms with Crippen molar-refractivity contribution >= 4 is 11.6 Å². The first kappa shape index (κ1) is 24.0. The Morgan fingerprint density at radius 1 is 0.857 bits per heavy atom. The van der Waals surface area contributed by atoms with Crippen LogP contribution in [0.5, 0.6) is 0 Å². The Hall–Kier alpha value is -2.03. The molecule has 0 fully saturated rings. The predicted octanol–water partition coefficient (Wildman–Crippen LogP) is 0.157. The monoisotopic (exact) mass is 477 g/mol. The molecule has 0 atom stereocenters. The summed E-state index contributed by atoms with van der Waals surface area (Å²) in [5.74, 6) is 0.524. The van der Waals surface area contributed by atoms with Gasteiger partial charge in [-0.3, -0.25) is 0 Å². The molecular formula is C10H18N8O2Pt+2. The molecule has 8 N–H and O–H groups in total. The number of nitrogens with zero attached hydrogens (tertiary/aromatic N) is 4. The summed E-state index contributed by atoms with van der Waals surface area (Å²) in [5, 5.41) is 0. The Morgan fingerprint density at radius 2 is 1.14 bits per heavy atom. The van der Waals surface area contributed by atoms with Gasteiger partial charge < -0.3 is 32.9 Å². The normalized spacial score (nSPS) is 8.10. The number of nitrogens with two attached hydrogens (primary N) is 4. The Morgan fingerprint density at radius 3 is 1.33 bits per heavy atom. The van der Waals surface area contributed by atoms with Gasteiger partial charge in [-0.15, -0.1) is 0 Å². The van der Waals surface area contributed by atoms with Crippen LogP contribution in [0.25, 0.3) is 12.3 Å². The molecular weight excluding hydrogens is 459 g/mol. The van der Waals surface area contributed by atoms with Gasteiger partial charge in [0.15, 0.2) is 0 Å². The Bertz CT molecular complexity index is 596. The van der Waals surface area contributed by atoms with Gasteiger partial charge in [-0.2, -0.15) is 9.97 Å². The molecule has 2 aromatic rings. The van der Waals surface area contributed by atoms with Gasteiger partial charge in [0.05, 0.1) is 0 Å². The zero-order valence-corrected chi connectivity index (χ0v) is 13.8. The maximum atomic E-state index is 10.6. The molecule has 10 nitrogen and oxygen atoms in total. The van der Waals surface area contributed by atoms with Crippen molar-refractivity contribution in [2.24, 2.45) is 14.1 Å². The van der Waals surface area contributed by atoms with E-state index in [2.05, 4.69) is 9.97 Å². The third kappa shape index (κ3) is 7.98. The Balaban J connectivity index is -0.000000270. The maximum Gasteiger partial charge on any atom is 4.00 e.